The van der Waals surface area contributed by atoms with Crippen molar-refractivity contribution in [2.24, 2.45) is 52.3 Å². The molecule has 9 atom stereocenters. The minimum Gasteiger partial charge on any atom is -0.462 e. The van der Waals surface area contributed by atoms with Crippen molar-refractivity contribution in [2.45, 2.75) is 215 Å². The molecule has 0 N–H and O–H groups in total. The molecule has 0 amide bonds. The number of esters is 1. The summed E-state index contributed by atoms with van der Waals surface area (Å²) >= 11 is 0. The van der Waals surface area contributed by atoms with Gasteiger partial charge in [-0.05, 0) is 110 Å². The van der Waals surface area contributed by atoms with E-state index in [0.717, 1.165) is 60.7 Å². The lowest BCUT2D eigenvalue weighted by atomic mass is 9.47. The predicted molar refractivity (Wildman–Crippen MR) is 202 cm³/mol. The van der Waals surface area contributed by atoms with Crippen molar-refractivity contribution in [1.29, 1.82) is 0 Å². The minimum atomic E-state index is 0.0640. The molecule has 0 spiro atoms. The van der Waals surface area contributed by atoms with Gasteiger partial charge in [0.25, 0.3) is 0 Å². The maximum absolute atomic E-state index is 12.8. The molecule has 47 heavy (non-hydrogen) atoms. The van der Waals surface area contributed by atoms with Gasteiger partial charge in [0.05, 0.1) is 0 Å². The van der Waals surface area contributed by atoms with Crippen molar-refractivity contribution in [1.82, 2.24) is 0 Å². The summed E-state index contributed by atoms with van der Waals surface area (Å²) in [5, 5.41) is 0. The van der Waals surface area contributed by atoms with Crippen LogP contribution in [0.2, 0.25) is 0 Å². The van der Waals surface area contributed by atoms with E-state index in [0.29, 0.717) is 17.3 Å². The number of rotatable bonds is 21. The molecule has 0 unspecified atom stereocenters. The van der Waals surface area contributed by atoms with E-state index >= 15 is 0 Å². The Morgan fingerprint density at radius 2 is 1.43 bits per heavy atom. The smallest absolute Gasteiger partial charge is 0.306 e. The van der Waals surface area contributed by atoms with Gasteiger partial charge in [-0.1, -0.05) is 150 Å². The predicted octanol–water partition coefficient (Wildman–Crippen LogP) is 14.1. The molecule has 0 saturated heterocycles. The van der Waals surface area contributed by atoms with Crippen LogP contribution in [0.3, 0.4) is 0 Å². The highest BCUT2D eigenvalue weighted by atomic mass is 16.5. The summed E-state index contributed by atoms with van der Waals surface area (Å²) < 4.78 is 6.14. The fraction of sp³-hybridized carbons (Fsp3) is 0.933. The van der Waals surface area contributed by atoms with Crippen molar-refractivity contribution in [2.75, 3.05) is 0 Å². The molecule has 4 aliphatic carbocycles. The number of ether oxygens (including phenoxy) is 1. The standard InChI is InChI=1S/C45H80O2/c1-8-10-11-12-13-14-15-16-17-18-19-20-21-22-43(46)47-38-29-31-44(6)37(33-38)25-26-39-41-28-27-40(45(41,7)32-30-42(39)44)35(5)23-24-36(9-2)34(3)4/h25,34-36,38-42H,8-24,26-33H2,1-7H3/t35-,36+,38+,39+,40+,41+,42-,44+,45+/m1/s1. The first-order chi connectivity index (χ1) is 22.6. The van der Waals surface area contributed by atoms with Gasteiger partial charge < -0.3 is 4.74 Å². The summed E-state index contributed by atoms with van der Waals surface area (Å²) in [6, 6.07) is 0. The summed E-state index contributed by atoms with van der Waals surface area (Å²) in [5.41, 5.74) is 2.52. The average molecular weight is 653 g/mol. The number of fused-ring (bicyclic) bond motifs is 5. The third-order valence-electron chi connectivity index (χ3n) is 15.1. The lowest BCUT2D eigenvalue weighted by Crippen LogP contribution is -2.51. The van der Waals surface area contributed by atoms with Crippen molar-refractivity contribution in [3.05, 3.63) is 11.6 Å². The summed E-state index contributed by atoms with van der Waals surface area (Å²) in [7, 11) is 0. The van der Waals surface area contributed by atoms with E-state index in [-0.39, 0.29) is 12.1 Å². The van der Waals surface area contributed by atoms with Crippen LogP contribution in [0.5, 0.6) is 0 Å². The zero-order chi connectivity index (χ0) is 33.9. The fourth-order valence-corrected chi connectivity index (χ4v) is 11.9. The Kier molecular flexibility index (Phi) is 15.8. The van der Waals surface area contributed by atoms with E-state index in [4.69, 9.17) is 4.74 Å². The zero-order valence-corrected chi connectivity index (χ0v) is 32.7. The molecule has 3 fully saturated rings. The molecule has 0 aromatic heterocycles. The Balaban J connectivity index is 1.16. The molecule has 272 valence electrons. The SMILES string of the molecule is CCCCCCCCCCCCCCCC(=O)O[C@H]1CC[C@@]2(C)C(=CC[C@@H]3[C@H]2CC[C@]2(C)[C@H]3CC[C@H]2[C@H](C)CC[C@H](CC)C(C)C)C1. The Hall–Kier alpha value is -0.790. The Labute approximate surface area is 293 Å². The largest absolute Gasteiger partial charge is 0.462 e. The first-order valence-electron chi connectivity index (χ1n) is 21.5. The molecule has 2 heteroatoms. The highest BCUT2D eigenvalue weighted by Gasteiger charge is 2.59. The third-order valence-corrected chi connectivity index (χ3v) is 15.1. The topological polar surface area (TPSA) is 26.3 Å². The quantitative estimate of drug-likeness (QED) is 0.0700. The lowest BCUT2D eigenvalue weighted by molar-refractivity contribution is -0.151. The highest BCUT2D eigenvalue weighted by Crippen LogP contribution is 2.67. The van der Waals surface area contributed by atoms with E-state index in [2.05, 4.69) is 54.5 Å². The van der Waals surface area contributed by atoms with Gasteiger partial charge in [-0.2, -0.15) is 0 Å². The zero-order valence-electron chi connectivity index (χ0n) is 32.7. The fourth-order valence-electron chi connectivity index (χ4n) is 11.9. The van der Waals surface area contributed by atoms with E-state index in [1.165, 1.54) is 135 Å². The Morgan fingerprint density at radius 1 is 0.787 bits per heavy atom. The minimum absolute atomic E-state index is 0.0640. The Morgan fingerprint density at radius 3 is 2.04 bits per heavy atom. The van der Waals surface area contributed by atoms with Gasteiger partial charge in [0.1, 0.15) is 6.10 Å². The summed E-state index contributed by atoms with van der Waals surface area (Å²) in [5.74, 6) is 6.18. The lowest BCUT2D eigenvalue weighted by Gasteiger charge is -2.58. The molecule has 0 aliphatic heterocycles. The van der Waals surface area contributed by atoms with Crippen LogP contribution in [0.1, 0.15) is 209 Å². The van der Waals surface area contributed by atoms with Crippen LogP contribution in [0.4, 0.5) is 0 Å². The van der Waals surface area contributed by atoms with Crippen molar-refractivity contribution in [3.63, 3.8) is 0 Å². The van der Waals surface area contributed by atoms with Gasteiger partial charge in [0.2, 0.25) is 0 Å². The molecule has 4 rings (SSSR count). The summed E-state index contributed by atoms with van der Waals surface area (Å²) in [4.78, 5) is 12.8. The van der Waals surface area contributed by atoms with Gasteiger partial charge in [0, 0.05) is 12.8 Å². The van der Waals surface area contributed by atoms with E-state index in [9.17, 15) is 4.79 Å². The van der Waals surface area contributed by atoms with E-state index in [1.807, 2.05) is 0 Å². The Bertz CT molecular complexity index is 950. The monoisotopic (exact) mass is 653 g/mol. The molecule has 0 bridgehead atoms. The molecule has 3 saturated carbocycles. The molecule has 4 aliphatic rings. The second-order valence-corrected chi connectivity index (χ2v) is 18.3. The number of carbonyl (C=O) groups excluding carboxylic acids is 1. The normalized spacial score (nSPS) is 33.1. The van der Waals surface area contributed by atoms with E-state index < -0.39 is 0 Å². The number of carbonyl (C=O) groups is 1. The number of allylic oxidation sites excluding steroid dienone is 1. The summed E-state index contributed by atoms with van der Waals surface area (Å²) in [6.07, 6.45) is 35.4. The van der Waals surface area contributed by atoms with Gasteiger partial charge in [-0.15, -0.1) is 0 Å². The molecule has 0 heterocycles. The second kappa shape index (κ2) is 19.0. The van der Waals surface area contributed by atoms with Crippen LogP contribution in [-0.4, -0.2) is 12.1 Å². The van der Waals surface area contributed by atoms with Crippen LogP contribution in [-0.2, 0) is 9.53 Å². The van der Waals surface area contributed by atoms with Crippen LogP contribution in [0, 0.1) is 52.3 Å². The van der Waals surface area contributed by atoms with Gasteiger partial charge >= 0.3 is 5.97 Å². The number of hydrogen-bond acceptors (Lipinski definition) is 2. The van der Waals surface area contributed by atoms with Crippen LogP contribution in [0.25, 0.3) is 0 Å². The first kappa shape index (κ1) is 39.0. The molecular weight excluding hydrogens is 572 g/mol. The van der Waals surface area contributed by atoms with Gasteiger partial charge in [0.15, 0.2) is 0 Å². The molecule has 0 aromatic carbocycles. The maximum Gasteiger partial charge on any atom is 0.306 e. The third kappa shape index (κ3) is 10.1. The number of unbranched alkanes of at least 4 members (excludes halogenated alkanes) is 12. The maximum atomic E-state index is 12.8. The number of hydrogen-bond donors (Lipinski definition) is 0. The molecular formula is C45H80O2. The van der Waals surface area contributed by atoms with Crippen molar-refractivity contribution >= 4 is 5.97 Å². The van der Waals surface area contributed by atoms with E-state index in [1.54, 1.807) is 5.57 Å². The second-order valence-electron chi connectivity index (χ2n) is 18.3. The molecule has 0 aromatic rings. The highest BCUT2D eigenvalue weighted by molar-refractivity contribution is 5.69. The van der Waals surface area contributed by atoms with Crippen LogP contribution < -0.4 is 0 Å². The van der Waals surface area contributed by atoms with Gasteiger partial charge in [-0.25, -0.2) is 0 Å². The van der Waals surface area contributed by atoms with Crippen molar-refractivity contribution < 1.29 is 9.53 Å². The average Bonchev–Trinajstić information content (AvgIpc) is 3.41. The molecule has 0 radical (unpaired) electrons. The van der Waals surface area contributed by atoms with Crippen molar-refractivity contribution in [3.8, 4) is 0 Å². The van der Waals surface area contributed by atoms with Gasteiger partial charge in [-0.3, -0.25) is 4.79 Å². The van der Waals surface area contributed by atoms with Crippen LogP contribution in [0.15, 0.2) is 11.6 Å². The van der Waals surface area contributed by atoms with Crippen LogP contribution >= 0.6 is 0 Å². The first-order valence-corrected chi connectivity index (χ1v) is 21.5. The molecule has 2 nitrogen and oxygen atoms in total. The summed E-state index contributed by atoms with van der Waals surface area (Å²) in [6.45, 7) is 17.5.